The predicted molar refractivity (Wildman–Crippen MR) is 71.8 cm³/mol. The fourth-order valence-corrected chi connectivity index (χ4v) is 4.11. The molecule has 0 spiro atoms. The number of aryl methyl sites for hydroxylation is 1. The van der Waals surface area contributed by atoms with Crippen molar-refractivity contribution in [2.24, 2.45) is 23.5 Å². The van der Waals surface area contributed by atoms with E-state index in [-0.39, 0.29) is 11.9 Å². The molecule has 1 aromatic carbocycles. The Hall–Kier alpha value is -0.890. The van der Waals surface area contributed by atoms with Crippen molar-refractivity contribution < 1.29 is 4.39 Å². The fraction of sp³-hybridized carbons (Fsp3) is 0.625. The van der Waals surface area contributed by atoms with E-state index in [0.717, 1.165) is 23.8 Å². The molecule has 1 nitrogen and oxygen atoms in total. The zero-order valence-corrected chi connectivity index (χ0v) is 11.0. The van der Waals surface area contributed by atoms with Gasteiger partial charge < -0.3 is 5.73 Å². The average Bonchev–Trinajstić information content (AvgIpc) is 2.94. The summed E-state index contributed by atoms with van der Waals surface area (Å²) >= 11 is 0. The summed E-state index contributed by atoms with van der Waals surface area (Å²) in [5.41, 5.74) is 8.66. The second-order valence-electron chi connectivity index (χ2n) is 6.28. The van der Waals surface area contributed by atoms with Crippen molar-refractivity contribution in [2.75, 3.05) is 0 Å². The van der Waals surface area contributed by atoms with Crippen molar-refractivity contribution in [1.82, 2.24) is 0 Å². The summed E-state index contributed by atoms with van der Waals surface area (Å²) in [5.74, 6) is 2.36. The summed E-state index contributed by atoms with van der Waals surface area (Å²) in [6.45, 7) is 1.98. The van der Waals surface area contributed by atoms with Crippen LogP contribution in [0.4, 0.5) is 4.39 Å². The lowest BCUT2D eigenvalue weighted by atomic mass is 9.81. The van der Waals surface area contributed by atoms with Gasteiger partial charge in [-0.2, -0.15) is 0 Å². The number of rotatable bonds is 3. The van der Waals surface area contributed by atoms with Crippen LogP contribution >= 0.6 is 0 Å². The smallest absolute Gasteiger partial charge is 0.123 e. The summed E-state index contributed by atoms with van der Waals surface area (Å²) in [5, 5.41) is 0. The van der Waals surface area contributed by atoms with Crippen molar-refractivity contribution in [1.29, 1.82) is 0 Å². The van der Waals surface area contributed by atoms with Gasteiger partial charge in [0.25, 0.3) is 0 Å². The predicted octanol–water partition coefficient (Wildman–Crippen LogP) is 3.44. The first-order valence-corrected chi connectivity index (χ1v) is 7.14. The lowest BCUT2D eigenvalue weighted by Gasteiger charge is -2.28. The van der Waals surface area contributed by atoms with Gasteiger partial charge in [0.05, 0.1) is 0 Å². The first kappa shape index (κ1) is 12.2. The van der Waals surface area contributed by atoms with Gasteiger partial charge in [-0.25, -0.2) is 4.39 Å². The van der Waals surface area contributed by atoms with E-state index in [0.29, 0.717) is 5.92 Å². The highest BCUT2D eigenvalue weighted by atomic mass is 19.1. The van der Waals surface area contributed by atoms with Crippen molar-refractivity contribution in [3.05, 3.63) is 35.1 Å². The number of hydrogen-bond acceptors (Lipinski definition) is 1. The van der Waals surface area contributed by atoms with Crippen molar-refractivity contribution in [3.63, 3.8) is 0 Å². The van der Waals surface area contributed by atoms with Gasteiger partial charge in [-0.1, -0.05) is 12.5 Å². The van der Waals surface area contributed by atoms with E-state index in [2.05, 4.69) is 0 Å². The van der Waals surface area contributed by atoms with Crippen LogP contribution in [0.3, 0.4) is 0 Å². The van der Waals surface area contributed by atoms with Gasteiger partial charge in [0, 0.05) is 6.04 Å². The van der Waals surface area contributed by atoms with Gasteiger partial charge in [0.15, 0.2) is 0 Å². The lowest BCUT2D eigenvalue weighted by molar-refractivity contribution is 0.280. The first-order chi connectivity index (χ1) is 8.63. The second-order valence-corrected chi connectivity index (χ2v) is 6.28. The van der Waals surface area contributed by atoms with Gasteiger partial charge in [0.2, 0.25) is 0 Å². The van der Waals surface area contributed by atoms with Crippen LogP contribution in [0, 0.1) is 30.5 Å². The van der Waals surface area contributed by atoms with E-state index < -0.39 is 0 Å². The molecule has 3 rings (SSSR count). The standard InChI is InChI=1S/C16H22FN/c1-10-6-14(17)5-4-12(10)9-16(18)15-8-11-2-3-13(15)7-11/h4-6,11,13,15-16H,2-3,7-9,18H2,1H3. The molecule has 2 aliphatic carbocycles. The molecule has 0 aromatic heterocycles. The Morgan fingerprint density at radius 2 is 2.17 bits per heavy atom. The second kappa shape index (κ2) is 4.65. The molecule has 2 saturated carbocycles. The van der Waals surface area contributed by atoms with E-state index in [9.17, 15) is 4.39 Å². The number of hydrogen-bond donors (Lipinski definition) is 1. The van der Waals surface area contributed by atoms with E-state index in [1.807, 2.05) is 13.0 Å². The van der Waals surface area contributed by atoms with Crippen LogP contribution in [0.1, 0.15) is 36.8 Å². The molecule has 0 heterocycles. The van der Waals surface area contributed by atoms with E-state index >= 15 is 0 Å². The molecule has 0 aliphatic heterocycles. The molecule has 4 atom stereocenters. The number of benzene rings is 1. The van der Waals surface area contributed by atoms with Crippen LogP contribution in [-0.4, -0.2) is 6.04 Å². The van der Waals surface area contributed by atoms with Crippen LogP contribution < -0.4 is 5.73 Å². The van der Waals surface area contributed by atoms with Crippen LogP contribution in [0.5, 0.6) is 0 Å². The Kier molecular flexibility index (Phi) is 3.14. The SMILES string of the molecule is Cc1cc(F)ccc1CC(N)C1CC2CCC1C2. The molecular formula is C16H22FN. The Balaban J connectivity index is 1.69. The van der Waals surface area contributed by atoms with E-state index in [1.165, 1.54) is 31.2 Å². The molecule has 0 amide bonds. The Labute approximate surface area is 109 Å². The molecule has 2 fully saturated rings. The third-order valence-electron chi connectivity index (χ3n) is 5.10. The third kappa shape index (κ3) is 2.18. The molecular weight excluding hydrogens is 225 g/mol. The zero-order chi connectivity index (χ0) is 12.7. The molecule has 2 N–H and O–H groups in total. The van der Waals surface area contributed by atoms with Crippen molar-refractivity contribution >= 4 is 0 Å². The molecule has 0 radical (unpaired) electrons. The summed E-state index contributed by atoms with van der Waals surface area (Å²) in [6, 6.07) is 5.32. The minimum absolute atomic E-state index is 0.148. The molecule has 18 heavy (non-hydrogen) atoms. The normalized spacial score (nSPS) is 31.8. The summed E-state index contributed by atoms with van der Waals surface area (Å²) in [4.78, 5) is 0. The number of fused-ring (bicyclic) bond motifs is 2. The maximum Gasteiger partial charge on any atom is 0.123 e. The molecule has 1 aromatic rings. The fourth-order valence-electron chi connectivity index (χ4n) is 4.11. The largest absolute Gasteiger partial charge is 0.327 e. The summed E-state index contributed by atoms with van der Waals surface area (Å²) in [7, 11) is 0. The average molecular weight is 247 g/mol. The first-order valence-electron chi connectivity index (χ1n) is 7.14. The van der Waals surface area contributed by atoms with Crippen molar-refractivity contribution in [2.45, 2.75) is 45.1 Å². The van der Waals surface area contributed by atoms with Gasteiger partial charge in [0.1, 0.15) is 5.82 Å². The van der Waals surface area contributed by atoms with Crippen LogP contribution in [0.25, 0.3) is 0 Å². The molecule has 0 saturated heterocycles. The maximum atomic E-state index is 13.1. The molecule has 2 bridgehead atoms. The Morgan fingerprint density at radius 1 is 1.33 bits per heavy atom. The van der Waals surface area contributed by atoms with Crippen LogP contribution in [-0.2, 0) is 6.42 Å². The molecule has 4 unspecified atom stereocenters. The quantitative estimate of drug-likeness (QED) is 0.870. The topological polar surface area (TPSA) is 26.0 Å². The molecule has 98 valence electrons. The van der Waals surface area contributed by atoms with Crippen LogP contribution in [0.15, 0.2) is 18.2 Å². The molecule has 2 heteroatoms. The third-order valence-corrected chi connectivity index (χ3v) is 5.10. The molecule has 2 aliphatic rings. The maximum absolute atomic E-state index is 13.1. The van der Waals surface area contributed by atoms with Gasteiger partial charge in [-0.05, 0) is 73.6 Å². The minimum Gasteiger partial charge on any atom is -0.327 e. The van der Waals surface area contributed by atoms with E-state index in [1.54, 1.807) is 12.1 Å². The number of halogens is 1. The lowest BCUT2D eigenvalue weighted by Crippen LogP contribution is -2.35. The van der Waals surface area contributed by atoms with E-state index in [4.69, 9.17) is 5.73 Å². The highest BCUT2D eigenvalue weighted by Gasteiger charge is 2.41. The summed E-state index contributed by atoms with van der Waals surface area (Å²) in [6.07, 6.45) is 6.43. The zero-order valence-electron chi connectivity index (χ0n) is 11.0. The van der Waals surface area contributed by atoms with Crippen molar-refractivity contribution in [3.8, 4) is 0 Å². The number of nitrogens with two attached hydrogens (primary N) is 1. The highest BCUT2D eigenvalue weighted by molar-refractivity contribution is 5.27. The van der Waals surface area contributed by atoms with Gasteiger partial charge in [-0.3, -0.25) is 0 Å². The Bertz CT molecular complexity index is 443. The van der Waals surface area contributed by atoms with Gasteiger partial charge >= 0.3 is 0 Å². The summed E-state index contributed by atoms with van der Waals surface area (Å²) < 4.78 is 13.1. The van der Waals surface area contributed by atoms with Crippen LogP contribution in [0.2, 0.25) is 0 Å². The minimum atomic E-state index is -0.148. The van der Waals surface area contributed by atoms with Gasteiger partial charge in [-0.15, -0.1) is 0 Å². The highest BCUT2D eigenvalue weighted by Crippen LogP contribution is 2.49. The Morgan fingerprint density at radius 3 is 2.78 bits per heavy atom. The monoisotopic (exact) mass is 247 g/mol.